The lowest BCUT2D eigenvalue weighted by Gasteiger charge is -2.15. The third kappa shape index (κ3) is 3.07. The summed E-state index contributed by atoms with van der Waals surface area (Å²) >= 11 is 1.29. The lowest BCUT2D eigenvalue weighted by molar-refractivity contribution is 0.206. The summed E-state index contributed by atoms with van der Waals surface area (Å²) in [5, 5.41) is 0. The van der Waals surface area contributed by atoms with Crippen molar-refractivity contribution in [1.29, 1.82) is 0 Å². The molecule has 0 bridgehead atoms. The molecule has 1 atom stereocenters. The van der Waals surface area contributed by atoms with Gasteiger partial charge >= 0.3 is 0 Å². The van der Waals surface area contributed by atoms with Crippen LogP contribution in [0.2, 0.25) is 0 Å². The Balaban J connectivity index is 1.69. The predicted octanol–water partition coefficient (Wildman–Crippen LogP) is 1.69. The van der Waals surface area contributed by atoms with Crippen LogP contribution in [0.3, 0.4) is 0 Å². The number of aryl methyl sites for hydroxylation is 1. The minimum Gasteiger partial charge on any atom is -0.472 e. The van der Waals surface area contributed by atoms with Crippen molar-refractivity contribution in [2.24, 2.45) is 0 Å². The van der Waals surface area contributed by atoms with Crippen molar-refractivity contribution < 1.29 is 13.2 Å². The normalized spacial score (nSPS) is 19.8. The molecule has 0 saturated carbocycles. The van der Waals surface area contributed by atoms with Crippen LogP contribution in [-0.4, -0.2) is 41.9 Å². The summed E-state index contributed by atoms with van der Waals surface area (Å²) in [5.41, 5.74) is 0. The Labute approximate surface area is 127 Å². The van der Waals surface area contributed by atoms with Gasteiger partial charge in [-0.1, -0.05) is 0 Å². The molecule has 2 aromatic heterocycles. The zero-order valence-electron chi connectivity index (χ0n) is 11.5. The van der Waals surface area contributed by atoms with Crippen LogP contribution in [0.1, 0.15) is 11.3 Å². The minimum absolute atomic E-state index is 0.183. The Morgan fingerprint density at radius 2 is 2.24 bits per heavy atom. The van der Waals surface area contributed by atoms with Gasteiger partial charge in [-0.05, 0) is 25.5 Å². The molecule has 0 aromatic carbocycles. The number of thiophene rings is 1. The van der Waals surface area contributed by atoms with Crippen molar-refractivity contribution in [1.82, 2.24) is 14.3 Å². The second kappa shape index (κ2) is 5.70. The van der Waals surface area contributed by atoms with Crippen molar-refractivity contribution in [3.8, 4) is 5.88 Å². The van der Waals surface area contributed by atoms with Crippen molar-refractivity contribution in [2.75, 3.05) is 13.1 Å². The number of sulfonamides is 1. The number of nitrogens with zero attached hydrogens (tertiary/aromatic N) is 3. The SMILES string of the molecule is Cc1ccc(S(=O)(=O)N2CCC(Oc3cnccn3)C2)s1. The minimum atomic E-state index is -3.41. The van der Waals surface area contributed by atoms with Crippen LogP contribution in [-0.2, 0) is 10.0 Å². The van der Waals surface area contributed by atoms with Gasteiger partial charge in [0, 0.05) is 23.8 Å². The van der Waals surface area contributed by atoms with E-state index in [1.54, 1.807) is 18.5 Å². The lowest BCUT2D eigenvalue weighted by Crippen LogP contribution is -2.30. The van der Waals surface area contributed by atoms with Crippen molar-refractivity contribution in [3.63, 3.8) is 0 Å². The first kappa shape index (κ1) is 14.4. The second-order valence-electron chi connectivity index (χ2n) is 4.80. The smallest absolute Gasteiger partial charge is 0.252 e. The average molecular weight is 325 g/mol. The standard InChI is InChI=1S/C13H15N3O3S2/c1-10-2-3-13(20-10)21(17,18)16-7-4-11(9-16)19-12-8-14-5-6-15-12/h2-3,5-6,8,11H,4,7,9H2,1H3. The van der Waals surface area contributed by atoms with E-state index in [9.17, 15) is 8.42 Å². The van der Waals surface area contributed by atoms with E-state index in [4.69, 9.17) is 4.74 Å². The highest BCUT2D eigenvalue weighted by Gasteiger charge is 2.34. The topological polar surface area (TPSA) is 72.4 Å². The summed E-state index contributed by atoms with van der Waals surface area (Å²) in [7, 11) is -3.41. The van der Waals surface area contributed by atoms with E-state index in [0.717, 1.165) is 4.88 Å². The number of rotatable bonds is 4. The molecular formula is C13H15N3O3S2. The Kier molecular flexibility index (Phi) is 3.92. The Morgan fingerprint density at radius 3 is 2.90 bits per heavy atom. The quantitative estimate of drug-likeness (QED) is 0.855. The lowest BCUT2D eigenvalue weighted by atomic mass is 10.3. The molecule has 1 fully saturated rings. The van der Waals surface area contributed by atoms with Crippen molar-refractivity contribution in [2.45, 2.75) is 23.7 Å². The summed E-state index contributed by atoms with van der Waals surface area (Å²) in [6.45, 7) is 2.70. The Hall–Kier alpha value is -1.51. The van der Waals surface area contributed by atoms with Crippen LogP contribution < -0.4 is 4.74 Å². The fourth-order valence-corrected chi connectivity index (χ4v) is 5.13. The molecule has 0 aliphatic carbocycles. The van der Waals surface area contributed by atoms with Gasteiger partial charge in [-0.15, -0.1) is 11.3 Å². The molecule has 1 aliphatic rings. The molecule has 1 unspecified atom stereocenters. The highest BCUT2D eigenvalue weighted by Crippen LogP contribution is 2.27. The number of hydrogen-bond acceptors (Lipinski definition) is 6. The molecule has 0 amide bonds. The van der Waals surface area contributed by atoms with Crippen LogP contribution >= 0.6 is 11.3 Å². The molecule has 8 heteroatoms. The first-order valence-electron chi connectivity index (χ1n) is 6.55. The van der Waals surface area contributed by atoms with Crippen molar-refractivity contribution in [3.05, 3.63) is 35.6 Å². The van der Waals surface area contributed by atoms with Gasteiger partial charge in [0.15, 0.2) is 0 Å². The summed E-state index contributed by atoms with van der Waals surface area (Å²) < 4.78 is 32.5. The number of ether oxygens (including phenoxy) is 1. The highest BCUT2D eigenvalue weighted by atomic mass is 32.2. The van der Waals surface area contributed by atoms with Gasteiger partial charge < -0.3 is 4.74 Å². The van der Waals surface area contributed by atoms with Gasteiger partial charge in [0.1, 0.15) is 10.3 Å². The van der Waals surface area contributed by atoms with Gasteiger partial charge in [0.05, 0.1) is 12.7 Å². The first-order valence-corrected chi connectivity index (χ1v) is 8.80. The predicted molar refractivity (Wildman–Crippen MR) is 78.9 cm³/mol. The molecule has 2 aromatic rings. The molecule has 0 radical (unpaired) electrons. The third-order valence-electron chi connectivity index (χ3n) is 3.24. The van der Waals surface area contributed by atoms with E-state index in [2.05, 4.69) is 9.97 Å². The summed E-state index contributed by atoms with van der Waals surface area (Å²) in [6.07, 6.45) is 5.11. The summed E-state index contributed by atoms with van der Waals surface area (Å²) in [5.74, 6) is 0.425. The monoisotopic (exact) mass is 325 g/mol. The molecule has 112 valence electrons. The van der Waals surface area contributed by atoms with Crippen LogP contribution in [0.25, 0.3) is 0 Å². The van der Waals surface area contributed by atoms with E-state index >= 15 is 0 Å². The van der Waals surface area contributed by atoms with Crippen LogP contribution in [0.15, 0.2) is 34.9 Å². The van der Waals surface area contributed by atoms with Crippen LogP contribution in [0.5, 0.6) is 5.88 Å². The zero-order valence-corrected chi connectivity index (χ0v) is 13.1. The van der Waals surface area contributed by atoms with Gasteiger partial charge in [0.2, 0.25) is 5.88 Å². The van der Waals surface area contributed by atoms with Gasteiger partial charge in [-0.3, -0.25) is 4.98 Å². The molecule has 3 rings (SSSR count). The van der Waals surface area contributed by atoms with Crippen LogP contribution in [0.4, 0.5) is 0 Å². The fourth-order valence-electron chi connectivity index (χ4n) is 2.21. The maximum Gasteiger partial charge on any atom is 0.252 e. The average Bonchev–Trinajstić information content (AvgIpc) is 3.10. The van der Waals surface area contributed by atoms with E-state index in [0.29, 0.717) is 29.6 Å². The molecule has 0 N–H and O–H groups in total. The van der Waals surface area contributed by atoms with Crippen molar-refractivity contribution >= 4 is 21.4 Å². The third-order valence-corrected chi connectivity index (χ3v) is 6.58. The molecule has 6 nitrogen and oxygen atoms in total. The maximum absolute atomic E-state index is 12.5. The maximum atomic E-state index is 12.5. The highest BCUT2D eigenvalue weighted by molar-refractivity contribution is 7.91. The Morgan fingerprint density at radius 1 is 1.38 bits per heavy atom. The first-order chi connectivity index (χ1) is 10.1. The van der Waals surface area contributed by atoms with E-state index < -0.39 is 10.0 Å². The van der Waals surface area contributed by atoms with E-state index in [1.165, 1.54) is 21.8 Å². The van der Waals surface area contributed by atoms with E-state index in [-0.39, 0.29) is 6.10 Å². The Bertz CT molecular complexity index is 715. The van der Waals surface area contributed by atoms with Gasteiger partial charge in [0.25, 0.3) is 10.0 Å². The molecule has 21 heavy (non-hydrogen) atoms. The summed E-state index contributed by atoms with van der Waals surface area (Å²) in [4.78, 5) is 8.95. The van der Waals surface area contributed by atoms with Crippen LogP contribution in [0, 0.1) is 6.92 Å². The molecular weight excluding hydrogens is 310 g/mol. The number of hydrogen-bond donors (Lipinski definition) is 0. The largest absolute Gasteiger partial charge is 0.472 e. The fraction of sp³-hybridized carbons (Fsp3) is 0.385. The van der Waals surface area contributed by atoms with E-state index in [1.807, 2.05) is 13.0 Å². The number of aromatic nitrogens is 2. The second-order valence-corrected chi connectivity index (χ2v) is 8.25. The summed E-state index contributed by atoms with van der Waals surface area (Å²) in [6, 6.07) is 3.48. The molecule has 3 heterocycles. The molecule has 0 spiro atoms. The van der Waals surface area contributed by atoms with Gasteiger partial charge in [-0.25, -0.2) is 13.4 Å². The molecule has 1 aliphatic heterocycles. The zero-order chi connectivity index (χ0) is 14.9. The molecule has 1 saturated heterocycles. The van der Waals surface area contributed by atoms with Gasteiger partial charge in [-0.2, -0.15) is 4.31 Å².